The molecule has 0 aliphatic carbocycles. The second-order valence-electron chi connectivity index (χ2n) is 16.9. The number of para-hydroxylation sites is 1. The molecule has 0 amide bonds. The first-order valence-electron chi connectivity index (χ1n) is 18.8. The molecule has 0 saturated carbocycles. The maximum Gasteiger partial charge on any atom is 0.164 e. The summed E-state index contributed by atoms with van der Waals surface area (Å²) in [4.78, 5) is 16.9. The van der Waals surface area contributed by atoms with Gasteiger partial charge in [-0.3, -0.25) is 9.78 Å². The van der Waals surface area contributed by atoms with E-state index in [0.29, 0.717) is 0 Å². The molecule has 4 nitrogen and oxygen atoms in total. The summed E-state index contributed by atoms with van der Waals surface area (Å²) in [7, 11) is 0. The Kier molecular flexibility index (Phi) is 14.1. The molecule has 0 atom stereocenters. The Morgan fingerprint density at radius 3 is 2.04 bits per heavy atom. The number of benzene rings is 3. The van der Waals surface area contributed by atoms with Crippen LogP contribution in [0.3, 0.4) is 0 Å². The first-order chi connectivity index (χ1) is 23.9. The van der Waals surface area contributed by atoms with Crippen molar-refractivity contribution in [1.82, 2.24) is 4.98 Å². The van der Waals surface area contributed by atoms with E-state index in [4.69, 9.17) is 9.40 Å². The minimum atomic E-state index is -0.337. The third-order valence-corrected chi connectivity index (χ3v) is 10.9. The number of pyridine rings is 1. The van der Waals surface area contributed by atoms with Gasteiger partial charge in [0.1, 0.15) is 17.1 Å². The summed E-state index contributed by atoms with van der Waals surface area (Å²) in [6.45, 7) is 25.6. The Morgan fingerprint density at radius 2 is 1.44 bits per heavy atom. The molecule has 2 heterocycles. The zero-order valence-corrected chi connectivity index (χ0v) is 36.0. The largest absolute Gasteiger partial charge is 0.512 e. The minimum Gasteiger partial charge on any atom is -0.512 e. The van der Waals surface area contributed by atoms with E-state index in [9.17, 15) is 9.90 Å². The maximum absolute atomic E-state index is 12.2. The van der Waals surface area contributed by atoms with Gasteiger partial charge in [-0.25, -0.2) is 0 Å². The van der Waals surface area contributed by atoms with E-state index in [1.807, 2.05) is 53.8 Å². The normalized spacial score (nSPS) is 12.7. The SMILES string of the molecule is CC(C)(C)Cc1cccc2cc(-c3ccnc(-c4[c-]c5ccccc5c(C(C)(C)C)c4)c3)oc12.CCC(C)(CC)C(=O)/C=C(\O)C(C)(CC)CC.[Ir]. The third-order valence-electron chi connectivity index (χ3n) is 10.9. The fourth-order valence-electron chi connectivity index (χ4n) is 6.38. The second kappa shape index (κ2) is 17.1. The van der Waals surface area contributed by atoms with Crippen LogP contribution in [0.15, 0.2) is 89.2 Å². The van der Waals surface area contributed by atoms with Crippen LogP contribution in [0.2, 0.25) is 0 Å². The summed E-state index contributed by atoms with van der Waals surface area (Å²) >= 11 is 0. The van der Waals surface area contributed by atoms with Crippen LogP contribution < -0.4 is 0 Å². The smallest absolute Gasteiger partial charge is 0.164 e. The van der Waals surface area contributed by atoms with Crippen molar-refractivity contribution in [1.29, 1.82) is 0 Å². The molecule has 281 valence electrons. The van der Waals surface area contributed by atoms with Crippen LogP contribution in [0, 0.1) is 22.3 Å². The molecular formula is C47H60IrNO3-. The average Bonchev–Trinajstić information content (AvgIpc) is 3.55. The summed E-state index contributed by atoms with van der Waals surface area (Å²) in [6, 6.07) is 27.0. The van der Waals surface area contributed by atoms with Crippen LogP contribution in [0.5, 0.6) is 0 Å². The van der Waals surface area contributed by atoms with Crippen molar-refractivity contribution in [2.45, 2.75) is 121 Å². The monoisotopic (exact) mass is 879 g/mol. The van der Waals surface area contributed by atoms with Crippen LogP contribution in [0.4, 0.5) is 0 Å². The molecule has 2 aromatic heterocycles. The number of carbonyl (C=O) groups excluding carboxylic acids is 1. The molecule has 0 unspecified atom stereocenters. The molecule has 0 spiro atoms. The number of nitrogens with zero attached hydrogens (tertiary/aromatic N) is 1. The Balaban J connectivity index is 0.000000347. The standard InChI is InChI=1S/C32H32NO.C15H28O2.Ir/c1-31(2,3)20-24-12-9-11-23-19-29(34-30(23)24)22-14-15-33-28(18-22)25-16-21-10-7-8-13-26(21)27(17-25)32(4,5)6;1-7-14(5,8-2)12(16)11-13(17)15(6,9-3)10-4;/h7-15,17-19H,20H2,1-6H3;11,16H,7-10H2,1-6H3;/q-1;;/b;12-11-;. The maximum atomic E-state index is 12.2. The van der Waals surface area contributed by atoms with Crippen molar-refractivity contribution in [2.24, 2.45) is 16.2 Å². The van der Waals surface area contributed by atoms with Gasteiger partial charge in [0, 0.05) is 59.9 Å². The van der Waals surface area contributed by atoms with Crippen LogP contribution in [-0.4, -0.2) is 15.9 Å². The number of aromatic nitrogens is 1. The van der Waals surface area contributed by atoms with Gasteiger partial charge >= 0.3 is 0 Å². The van der Waals surface area contributed by atoms with E-state index in [-0.39, 0.29) is 53.3 Å². The van der Waals surface area contributed by atoms with Crippen molar-refractivity contribution in [3.63, 3.8) is 0 Å². The zero-order valence-electron chi connectivity index (χ0n) is 33.6. The summed E-state index contributed by atoms with van der Waals surface area (Å²) < 4.78 is 6.43. The predicted molar refractivity (Wildman–Crippen MR) is 216 cm³/mol. The van der Waals surface area contributed by atoms with Crippen molar-refractivity contribution in [2.75, 3.05) is 0 Å². The molecule has 0 bridgehead atoms. The molecule has 0 fully saturated rings. The van der Waals surface area contributed by atoms with Gasteiger partial charge in [0.05, 0.1) is 0 Å². The molecule has 52 heavy (non-hydrogen) atoms. The molecule has 0 saturated heterocycles. The van der Waals surface area contributed by atoms with E-state index < -0.39 is 0 Å². The Hall–Kier alpha value is -3.53. The van der Waals surface area contributed by atoms with Crippen LogP contribution in [-0.2, 0) is 36.7 Å². The molecule has 5 aromatic rings. The van der Waals surface area contributed by atoms with E-state index in [2.05, 4.69) is 108 Å². The summed E-state index contributed by atoms with van der Waals surface area (Å²) in [5, 5.41) is 13.6. The molecule has 1 N–H and O–H groups in total. The summed E-state index contributed by atoms with van der Waals surface area (Å²) in [5.41, 5.74) is 6.10. The Morgan fingerprint density at radius 1 is 0.808 bits per heavy atom. The molecule has 3 aromatic carbocycles. The van der Waals surface area contributed by atoms with E-state index in [0.717, 1.165) is 71.0 Å². The number of aliphatic hydroxyl groups is 1. The fraction of sp³-hybridized carbons (Fsp3) is 0.447. The zero-order chi connectivity index (χ0) is 37.8. The number of rotatable bonds is 10. The van der Waals surface area contributed by atoms with E-state index >= 15 is 0 Å². The average molecular weight is 879 g/mol. The number of allylic oxidation sites excluding steroid dienone is 2. The van der Waals surface area contributed by atoms with E-state index in [1.165, 1.54) is 22.6 Å². The number of hydrogen-bond donors (Lipinski definition) is 1. The quantitative estimate of drug-likeness (QED) is 0.0862. The first-order valence-corrected chi connectivity index (χ1v) is 18.8. The molecular weight excluding hydrogens is 819 g/mol. The van der Waals surface area contributed by atoms with Gasteiger partial charge in [-0.15, -0.1) is 29.1 Å². The van der Waals surface area contributed by atoms with Gasteiger partial charge in [-0.2, -0.15) is 0 Å². The predicted octanol–water partition coefficient (Wildman–Crippen LogP) is 13.6. The van der Waals surface area contributed by atoms with Crippen LogP contribution in [0.1, 0.15) is 120 Å². The van der Waals surface area contributed by atoms with Gasteiger partial charge in [0.15, 0.2) is 5.78 Å². The number of aliphatic hydroxyl groups excluding tert-OH is 1. The number of furan rings is 1. The first kappa shape index (κ1) is 42.9. The van der Waals surface area contributed by atoms with Gasteiger partial charge in [0.2, 0.25) is 0 Å². The number of hydrogen-bond acceptors (Lipinski definition) is 4. The summed E-state index contributed by atoms with van der Waals surface area (Å²) in [6.07, 6.45) is 7.60. The topological polar surface area (TPSA) is 63.3 Å². The van der Waals surface area contributed by atoms with Crippen LogP contribution >= 0.6 is 0 Å². The summed E-state index contributed by atoms with van der Waals surface area (Å²) in [5.74, 6) is 1.16. The van der Waals surface area contributed by atoms with Gasteiger partial charge in [-0.1, -0.05) is 136 Å². The number of ketones is 1. The Labute approximate surface area is 326 Å². The number of carbonyl (C=O) groups is 1. The molecule has 0 aliphatic heterocycles. The van der Waals surface area contributed by atoms with Crippen molar-refractivity contribution in [3.05, 3.63) is 102 Å². The van der Waals surface area contributed by atoms with Gasteiger partial charge < -0.3 is 9.52 Å². The second-order valence-corrected chi connectivity index (χ2v) is 16.9. The van der Waals surface area contributed by atoms with Gasteiger partial charge in [-0.05, 0) is 60.6 Å². The number of fused-ring (bicyclic) bond motifs is 2. The fourth-order valence-corrected chi connectivity index (χ4v) is 6.38. The molecule has 1 radical (unpaired) electrons. The Bertz CT molecular complexity index is 2000. The van der Waals surface area contributed by atoms with Crippen molar-refractivity contribution < 1.29 is 34.4 Å². The van der Waals surface area contributed by atoms with Crippen molar-refractivity contribution in [3.8, 4) is 22.6 Å². The molecule has 5 rings (SSSR count). The molecule has 0 aliphatic rings. The van der Waals surface area contributed by atoms with Crippen molar-refractivity contribution >= 4 is 27.5 Å². The minimum absolute atomic E-state index is 0. The van der Waals surface area contributed by atoms with E-state index in [1.54, 1.807) is 0 Å². The van der Waals surface area contributed by atoms with Crippen LogP contribution in [0.25, 0.3) is 44.3 Å². The third kappa shape index (κ3) is 9.91. The molecule has 5 heteroatoms. The van der Waals surface area contributed by atoms with Gasteiger partial charge in [0.25, 0.3) is 0 Å².